The summed E-state index contributed by atoms with van der Waals surface area (Å²) in [6, 6.07) is 4.88. The number of carbonyl (C=O) groups is 2. The Balaban J connectivity index is 1.51. The van der Waals surface area contributed by atoms with E-state index >= 15 is 0 Å². The van der Waals surface area contributed by atoms with Crippen molar-refractivity contribution in [3.05, 3.63) is 45.3 Å². The molecule has 4 rings (SSSR count). The minimum atomic E-state index is -0.895. The zero-order valence-corrected chi connectivity index (χ0v) is 22.1. The van der Waals surface area contributed by atoms with E-state index in [9.17, 15) is 14.7 Å². The number of rotatable bonds is 10. The molecule has 1 atom stereocenters. The van der Waals surface area contributed by atoms with E-state index in [1.807, 2.05) is 0 Å². The Morgan fingerprint density at radius 2 is 1.91 bits per heavy atom. The summed E-state index contributed by atoms with van der Waals surface area (Å²) in [5.41, 5.74) is 2.95. The number of halogens is 2. The summed E-state index contributed by atoms with van der Waals surface area (Å²) in [5.74, 6) is 0.669. The van der Waals surface area contributed by atoms with Crippen molar-refractivity contribution in [2.75, 3.05) is 5.32 Å². The van der Waals surface area contributed by atoms with Gasteiger partial charge in [0.25, 0.3) is 0 Å². The smallest absolute Gasteiger partial charge is 0.303 e. The first-order chi connectivity index (χ1) is 16.5. The predicted octanol–water partition coefficient (Wildman–Crippen LogP) is 7.77. The number of nitrogens with zero attached hydrogens (tertiary/aromatic N) is 1. The molecule has 2 fully saturated rings. The molecule has 2 N–H and O–H groups in total. The van der Waals surface area contributed by atoms with Crippen molar-refractivity contribution in [2.24, 2.45) is 11.3 Å². The van der Waals surface area contributed by atoms with Crippen LogP contribution in [-0.2, 0) is 9.59 Å². The minimum Gasteiger partial charge on any atom is -0.481 e. The zero-order chi connectivity index (χ0) is 25.3. The Morgan fingerprint density at radius 3 is 2.51 bits per heavy atom. The third kappa shape index (κ3) is 6.79. The van der Waals surface area contributed by atoms with E-state index in [-0.39, 0.29) is 24.7 Å². The molecule has 35 heavy (non-hydrogen) atoms. The highest BCUT2D eigenvalue weighted by Gasteiger charge is 2.42. The van der Waals surface area contributed by atoms with Gasteiger partial charge in [-0.15, -0.1) is 0 Å². The molecule has 1 amide bonds. The lowest BCUT2D eigenvalue weighted by atomic mass is 9.66. The highest BCUT2D eigenvalue weighted by Crippen LogP contribution is 2.53. The summed E-state index contributed by atoms with van der Waals surface area (Å²) in [5, 5.41) is 17.5. The minimum absolute atomic E-state index is 0.0448. The lowest BCUT2D eigenvalue weighted by Gasteiger charge is -2.38. The molecule has 6 nitrogen and oxygen atoms in total. The van der Waals surface area contributed by atoms with Crippen LogP contribution in [-0.4, -0.2) is 22.1 Å². The average molecular weight is 521 g/mol. The third-order valence-corrected chi connectivity index (χ3v) is 7.56. The van der Waals surface area contributed by atoms with Crippen molar-refractivity contribution < 1.29 is 19.2 Å². The molecule has 2 aromatic rings. The van der Waals surface area contributed by atoms with Gasteiger partial charge in [0.2, 0.25) is 5.91 Å². The largest absolute Gasteiger partial charge is 0.481 e. The number of carboxylic acids is 1. The molecule has 0 radical (unpaired) electrons. The molecule has 190 valence electrons. The molecule has 8 heteroatoms. The number of carboxylic acid groups (broad SMARTS) is 1. The van der Waals surface area contributed by atoms with E-state index < -0.39 is 5.97 Å². The van der Waals surface area contributed by atoms with Crippen LogP contribution < -0.4 is 5.32 Å². The first-order valence-corrected chi connectivity index (χ1v) is 13.2. The number of amides is 1. The second-order valence-corrected chi connectivity index (χ2v) is 12.3. The highest BCUT2D eigenvalue weighted by molar-refractivity contribution is 6.36. The lowest BCUT2D eigenvalue weighted by Crippen LogP contribution is -2.27. The van der Waals surface area contributed by atoms with Gasteiger partial charge < -0.3 is 14.9 Å². The maximum atomic E-state index is 12.9. The van der Waals surface area contributed by atoms with Gasteiger partial charge in [-0.2, -0.15) is 0 Å². The first kappa shape index (κ1) is 26.0. The van der Waals surface area contributed by atoms with Gasteiger partial charge in [-0.25, -0.2) is 0 Å². The van der Waals surface area contributed by atoms with Crippen LogP contribution in [0.25, 0.3) is 0 Å². The van der Waals surface area contributed by atoms with Crippen molar-refractivity contribution in [3.8, 4) is 0 Å². The van der Waals surface area contributed by atoms with Crippen molar-refractivity contribution >= 4 is 40.8 Å². The number of carbonyl (C=O) groups excluding carboxylic acids is 1. The lowest BCUT2D eigenvalue weighted by molar-refractivity contribution is -0.137. The van der Waals surface area contributed by atoms with Crippen molar-refractivity contribution in [3.63, 3.8) is 0 Å². The summed E-state index contributed by atoms with van der Waals surface area (Å²) < 4.78 is 5.91. The van der Waals surface area contributed by atoms with Crippen molar-refractivity contribution in [1.82, 2.24) is 5.16 Å². The monoisotopic (exact) mass is 520 g/mol. The number of hydrogen-bond acceptors (Lipinski definition) is 4. The number of aliphatic carboxylic acids is 1. The van der Waals surface area contributed by atoms with E-state index in [0.29, 0.717) is 51.1 Å². The molecule has 0 bridgehead atoms. The quantitative estimate of drug-likeness (QED) is 0.333. The van der Waals surface area contributed by atoms with Gasteiger partial charge in [0.15, 0.2) is 0 Å². The molecule has 1 aromatic heterocycles. The molecule has 2 saturated carbocycles. The molecule has 0 unspecified atom stereocenters. The van der Waals surface area contributed by atoms with E-state index in [4.69, 9.17) is 27.7 Å². The molecular weight excluding hydrogens is 487 g/mol. The SMILES string of the molecule is CC(C)(C)CC1CC(c2noc([C@@H](CCC(=O)O)CC(=O)Nc3ccc(Cl)cc3Cl)c2C2CC2)C1. The van der Waals surface area contributed by atoms with E-state index in [1.54, 1.807) is 18.2 Å². The number of hydrogen-bond donors (Lipinski definition) is 2. The summed E-state index contributed by atoms with van der Waals surface area (Å²) in [6.45, 7) is 6.83. The molecular formula is C27H34Cl2N2O4. The molecule has 0 spiro atoms. The Kier molecular flexibility index (Phi) is 7.82. The zero-order valence-electron chi connectivity index (χ0n) is 20.6. The van der Waals surface area contributed by atoms with Gasteiger partial charge in [0.1, 0.15) is 5.76 Å². The van der Waals surface area contributed by atoms with Crippen LogP contribution in [0.3, 0.4) is 0 Å². The van der Waals surface area contributed by atoms with Crippen LogP contribution in [0.15, 0.2) is 22.7 Å². The molecule has 2 aliphatic carbocycles. The summed E-state index contributed by atoms with van der Waals surface area (Å²) in [7, 11) is 0. The standard InChI is InChI=1S/C27H34Cl2N2O4/c1-27(2,3)14-15-10-18(11-15)25-24(16-4-5-16)26(35-31-25)17(6-9-23(33)34)12-22(32)30-21-8-7-19(28)13-20(21)29/h7-8,13,15-18H,4-6,9-12,14H2,1-3H3,(H,30,32)(H,33,34)/t15?,17-,18?/m0/s1. The first-order valence-electron chi connectivity index (χ1n) is 12.5. The Morgan fingerprint density at radius 1 is 1.20 bits per heavy atom. The Labute approximate surface area is 216 Å². The number of nitrogens with one attached hydrogen (secondary N) is 1. The van der Waals surface area contributed by atoms with Gasteiger partial charge in [0.05, 0.1) is 16.4 Å². The summed E-state index contributed by atoms with van der Waals surface area (Å²) in [4.78, 5) is 24.3. The van der Waals surface area contributed by atoms with Crippen LogP contribution in [0.4, 0.5) is 5.69 Å². The van der Waals surface area contributed by atoms with Crippen LogP contribution in [0.2, 0.25) is 10.0 Å². The fraction of sp³-hybridized carbons (Fsp3) is 0.593. The number of benzene rings is 1. The molecule has 1 aromatic carbocycles. The summed E-state index contributed by atoms with van der Waals surface area (Å²) >= 11 is 12.2. The number of aromatic nitrogens is 1. The van der Waals surface area contributed by atoms with Gasteiger partial charge in [-0.05, 0) is 74.0 Å². The normalized spacial score (nSPS) is 20.8. The fourth-order valence-corrected chi connectivity index (χ4v) is 5.78. The molecule has 2 aliphatic rings. The Bertz CT molecular complexity index is 1080. The maximum Gasteiger partial charge on any atom is 0.303 e. The topological polar surface area (TPSA) is 92.4 Å². The third-order valence-electron chi connectivity index (χ3n) is 7.01. The van der Waals surface area contributed by atoms with Gasteiger partial charge in [-0.3, -0.25) is 9.59 Å². The number of anilines is 1. The van der Waals surface area contributed by atoms with Gasteiger partial charge in [-0.1, -0.05) is 49.1 Å². The highest BCUT2D eigenvalue weighted by atomic mass is 35.5. The predicted molar refractivity (Wildman–Crippen MR) is 137 cm³/mol. The van der Waals surface area contributed by atoms with Gasteiger partial charge in [0, 0.05) is 35.3 Å². The molecule has 0 aliphatic heterocycles. The van der Waals surface area contributed by atoms with E-state index in [0.717, 1.165) is 36.9 Å². The molecule has 0 saturated heterocycles. The van der Waals surface area contributed by atoms with Crippen LogP contribution in [0.5, 0.6) is 0 Å². The fourth-order valence-electron chi connectivity index (χ4n) is 5.33. The van der Waals surface area contributed by atoms with Crippen molar-refractivity contribution in [1.29, 1.82) is 0 Å². The second-order valence-electron chi connectivity index (χ2n) is 11.4. The van der Waals surface area contributed by atoms with Crippen LogP contribution >= 0.6 is 23.2 Å². The Hall–Kier alpha value is -2.05. The second kappa shape index (κ2) is 10.5. The van der Waals surface area contributed by atoms with E-state index in [2.05, 4.69) is 31.2 Å². The van der Waals surface area contributed by atoms with Crippen LogP contribution in [0, 0.1) is 11.3 Å². The van der Waals surface area contributed by atoms with Gasteiger partial charge >= 0.3 is 5.97 Å². The van der Waals surface area contributed by atoms with Crippen LogP contribution in [0.1, 0.15) is 107 Å². The molecule has 1 heterocycles. The summed E-state index contributed by atoms with van der Waals surface area (Å²) in [6.07, 6.45) is 5.94. The van der Waals surface area contributed by atoms with E-state index in [1.165, 1.54) is 6.42 Å². The van der Waals surface area contributed by atoms with Crippen molar-refractivity contribution in [2.45, 2.75) is 89.9 Å². The maximum absolute atomic E-state index is 12.9. The average Bonchev–Trinajstić information content (AvgIpc) is 3.47.